The number of hydrogen-bond donors (Lipinski definition) is 1. The van der Waals surface area contributed by atoms with Crippen LogP contribution in [-0.2, 0) is 4.79 Å². The predicted molar refractivity (Wildman–Crippen MR) is 71.1 cm³/mol. The lowest BCUT2D eigenvalue weighted by Crippen LogP contribution is -2.10. The summed E-state index contributed by atoms with van der Waals surface area (Å²) in [5.41, 5.74) is 1.97. The fraction of sp³-hybridized carbons (Fsp3) is 0.231. The van der Waals surface area contributed by atoms with Crippen molar-refractivity contribution in [2.24, 2.45) is 0 Å². The van der Waals surface area contributed by atoms with Crippen molar-refractivity contribution in [3.8, 4) is 11.3 Å². The molecule has 1 heterocycles. The summed E-state index contributed by atoms with van der Waals surface area (Å²) < 4.78 is 0. The third-order valence-corrected chi connectivity index (χ3v) is 3.05. The minimum absolute atomic E-state index is 0.0291. The number of aromatic nitrogens is 1. The number of nitrogens with one attached hydrogen (secondary N) is 1. The van der Waals surface area contributed by atoms with Gasteiger partial charge in [-0.05, 0) is 6.42 Å². The number of benzene rings is 1. The van der Waals surface area contributed by atoms with Gasteiger partial charge in [0, 0.05) is 17.4 Å². The van der Waals surface area contributed by atoms with Crippen molar-refractivity contribution < 1.29 is 4.79 Å². The quantitative estimate of drug-likeness (QED) is 0.896. The van der Waals surface area contributed by atoms with Crippen LogP contribution in [0.1, 0.15) is 19.8 Å². The van der Waals surface area contributed by atoms with Crippen molar-refractivity contribution >= 4 is 22.4 Å². The number of amides is 1. The second-order valence-corrected chi connectivity index (χ2v) is 4.56. The minimum Gasteiger partial charge on any atom is -0.302 e. The van der Waals surface area contributed by atoms with Crippen molar-refractivity contribution in [3.05, 3.63) is 35.7 Å². The lowest BCUT2D eigenvalue weighted by molar-refractivity contribution is -0.116. The zero-order valence-electron chi connectivity index (χ0n) is 9.64. The smallest absolute Gasteiger partial charge is 0.226 e. The molecule has 1 aromatic carbocycles. The van der Waals surface area contributed by atoms with Crippen LogP contribution in [0.2, 0.25) is 0 Å². The Kier molecular flexibility index (Phi) is 3.88. The Bertz CT molecular complexity index is 493. The Hall–Kier alpha value is -1.68. The SMILES string of the molecule is CCCC(=O)Nc1nc(-c2ccccc2)cs1. The first-order valence-electron chi connectivity index (χ1n) is 5.60. The highest BCUT2D eigenvalue weighted by atomic mass is 32.1. The van der Waals surface area contributed by atoms with Gasteiger partial charge in [-0.15, -0.1) is 11.3 Å². The summed E-state index contributed by atoms with van der Waals surface area (Å²) in [4.78, 5) is 15.8. The first-order valence-corrected chi connectivity index (χ1v) is 6.48. The van der Waals surface area contributed by atoms with Gasteiger partial charge in [0.1, 0.15) is 0 Å². The third kappa shape index (κ3) is 3.14. The van der Waals surface area contributed by atoms with Gasteiger partial charge in [-0.1, -0.05) is 37.3 Å². The standard InChI is InChI=1S/C13H14N2OS/c1-2-6-12(16)15-13-14-11(9-17-13)10-7-4-3-5-8-10/h3-5,7-9H,2,6H2,1H3,(H,14,15,16). The number of carbonyl (C=O) groups excluding carboxylic acids is 1. The molecule has 1 N–H and O–H groups in total. The molecule has 0 fully saturated rings. The van der Waals surface area contributed by atoms with E-state index >= 15 is 0 Å². The molecule has 4 heteroatoms. The molecule has 0 bridgehead atoms. The van der Waals surface area contributed by atoms with Crippen LogP contribution in [0.5, 0.6) is 0 Å². The van der Waals surface area contributed by atoms with Gasteiger partial charge in [-0.2, -0.15) is 0 Å². The third-order valence-electron chi connectivity index (χ3n) is 2.30. The molecule has 0 unspecified atom stereocenters. The molecule has 0 atom stereocenters. The molecule has 3 nitrogen and oxygen atoms in total. The number of carbonyl (C=O) groups is 1. The highest BCUT2D eigenvalue weighted by Crippen LogP contribution is 2.24. The van der Waals surface area contributed by atoms with Crippen molar-refractivity contribution in [2.45, 2.75) is 19.8 Å². The van der Waals surface area contributed by atoms with Gasteiger partial charge in [0.25, 0.3) is 0 Å². The van der Waals surface area contributed by atoms with E-state index in [1.54, 1.807) is 0 Å². The highest BCUT2D eigenvalue weighted by molar-refractivity contribution is 7.14. The maximum Gasteiger partial charge on any atom is 0.226 e. The van der Waals surface area contributed by atoms with Crippen LogP contribution in [0.4, 0.5) is 5.13 Å². The number of nitrogens with zero attached hydrogens (tertiary/aromatic N) is 1. The Morgan fingerprint density at radius 2 is 2.12 bits per heavy atom. The second kappa shape index (κ2) is 5.59. The van der Waals surface area contributed by atoms with E-state index in [9.17, 15) is 4.79 Å². The summed E-state index contributed by atoms with van der Waals surface area (Å²) in [5.74, 6) is 0.0291. The topological polar surface area (TPSA) is 42.0 Å². The summed E-state index contributed by atoms with van der Waals surface area (Å²) >= 11 is 1.46. The van der Waals surface area contributed by atoms with E-state index in [1.807, 2.05) is 42.6 Å². The predicted octanol–water partition coefficient (Wildman–Crippen LogP) is 3.55. The first kappa shape index (κ1) is 11.8. The molecule has 2 rings (SSSR count). The lowest BCUT2D eigenvalue weighted by atomic mass is 10.2. The van der Waals surface area contributed by atoms with Gasteiger partial charge in [0.15, 0.2) is 5.13 Å². The van der Waals surface area contributed by atoms with Crippen LogP contribution in [0.25, 0.3) is 11.3 Å². The van der Waals surface area contributed by atoms with E-state index in [-0.39, 0.29) is 5.91 Å². The Labute approximate surface area is 105 Å². The van der Waals surface area contributed by atoms with Gasteiger partial charge in [-0.3, -0.25) is 4.79 Å². The molecule has 0 spiro atoms. The summed E-state index contributed by atoms with van der Waals surface area (Å²) in [7, 11) is 0. The molecule has 0 aliphatic carbocycles. The summed E-state index contributed by atoms with van der Waals surface area (Å²) in [6.07, 6.45) is 1.39. The molecule has 1 amide bonds. The zero-order valence-corrected chi connectivity index (χ0v) is 10.5. The number of hydrogen-bond acceptors (Lipinski definition) is 3. The number of rotatable bonds is 4. The monoisotopic (exact) mass is 246 g/mol. The van der Waals surface area contributed by atoms with Crippen LogP contribution in [0, 0.1) is 0 Å². The second-order valence-electron chi connectivity index (χ2n) is 3.70. The number of anilines is 1. The molecule has 0 aliphatic heterocycles. The normalized spacial score (nSPS) is 10.2. The molecule has 17 heavy (non-hydrogen) atoms. The maximum atomic E-state index is 11.4. The molecule has 1 aromatic heterocycles. The molecule has 0 aliphatic rings. The van der Waals surface area contributed by atoms with Crippen LogP contribution in [0.3, 0.4) is 0 Å². The van der Waals surface area contributed by atoms with Crippen molar-refractivity contribution in [1.82, 2.24) is 4.98 Å². The molecule has 2 aromatic rings. The average molecular weight is 246 g/mol. The van der Waals surface area contributed by atoms with Crippen molar-refractivity contribution in [2.75, 3.05) is 5.32 Å². The van der Waals surface area contributed by atoms with E-state index in [0.717, 1.165) is 17.7 Å². The van der Waals surface area contributed by atoms with Crippen LogP contribution in [0.15, 0.2) is 35.7 Å². The Morgan fingerprint density at radius 1 is 1.35 bits per heavy atom. The van der Waals surface area contributed by atoms with Gasteiger partial charge < -0.3 is 5.32 Å². The summed E-state index contributed by atoms with van der Waals surface area (Å²) in [6.45, 7) is 1.98. The van der Waals surface area contributed by atoms with Crippen molar-refractivity contribution in [1.29, 1.82) is 0 Å². The highest BCUT2D eigenvalue weighted by Gasteiger charge is 2.06. The van der Waals surface area contributed by atoms with Crippen LogP contribution in [-0.4, -0.2) is 10.9 Å². The Morgan fingerprint density at radius 3 is 2.82 bits per heavy atom. The van der Waals surface area contributed by atoms with E-state index in [4.69, 9.17) is 0 Å². The van der Waals surface area contributed by atoms with E-state index in [1.165, 1.54) is 11.3 Å². The summed E-state index contributed by atoms with van der Waals surface area (Å²) in [6, 6.07) is 9.94. The van der Waals surface area contributed by atoms with Crippen LogP contribution < -0.4 is 5.32 Å². The van der Waals surface area contributed by atoms with Gasteiger partial charge in [0.05, 0.1) is 5.69 Å². The van der Waals surface area contributed by atoms with Gasteiger partial charge >= 0.3 is 0 Å². The Balaban J connectivity index is 2.09. The lowest BCUT2D eigenvalue weighted by Gasteiger charge is -1.98. The minimum atomic E-state index is 0.0291. The van der Waals surface area contributed by atoms with Gasteiger partial charge in [-0.25, -0.2) is 4.98 Å². The number of thiazole rings is 1. The molecule has 0 saturated carbocycles. The molecular weight excluding hydrogens is 232 g/mol. The van der Waals surface area contributed by atoms with Gasteiger partial charge in [0.2, 0.25) is 5.91 Å². The first-order chi connectivity index (χ1) is 8.29. The molecule has 0 radical (unpaired) electrons. The van der Waals surface area contributed by atoms with Crippen molar-refractivity contribution in [3.63, 3.8) is 0 Å². The van der Waals surface area contributed by atoms with E-state index < -0.39 is 0 Å². The largest absolute Gasteiger partial charge is 0.302 e. The fourth-order valence-corrected chi connectivity index (χ4v) is 2.22. The molecular formula is C13H14N2OS. The van der Waals surface area contributed by atoms with E-state index in [0.29, 0.717) is 11.6 Å². The molecule has 0 saturated heterocycles. The average Bonchev–Trinajstić information content (AvgIpc) is 2.79. The van der Waals surface area contributed by atoms with E-state index in [2.05, 4.69) is 10.3 Å². The zero-order chi connectivity index (χ0) is 12.1. The van der Waals surface area contributed by atoms with Crippen LogP contribution >= 0.6 is 11.3 Å². The molecule has 88 valence electrons. The fourth-order valence-electron chi connectivity index (χ4n) is 1.48. The summed E-state index contributed by atoms with van der Waals surface area (Å²) in [5, 5.41) is 5.43. The maximum absolute atomic E-state index is 11.4.